The monoisotopic (exact) mass is 760 g/mol. The zero-order valence-corrected chi connectivity index (χ0v) is 30.4. The number of aromatic nitrogens is 4. The largest absolute Gasteiger partial charge is 0.493 e. The van der Waals surface area contributed by atoms with Crippen LogP contribution in [0.3, 0.4) is 0 Å². The molecule has 5 aromatic rings. The lowest BCUT2D eigenvalue weighted by atomic mass is 10.00. The summed E-state index contributed by atoms with van der Waals surface area (Å²) in [6.45, 7) is 0.641. The summed E-state index contributed by atoms with van der Waals surface area (Å²) in [4.78, 5) is 72.8. The van der Waals surface area contributed by atoms with Crippen molar-refractivity contribution in [2.75, 3.05) is 20.2 Å². The summed E-state index contributed by atoms with van der Waals surface area (Å²) in [6.07, 6.45) is 2.24. The first-order chi connectivity index (χ1) is 24.9. The molecular formula is C36H30Cl2N6O7S. The predicted octanol–water partition coefficient (Wildman–Crippen LogP) is 5.21. The summed E-state index contributed by atoms with van der Waals surface area (Å²) in [6, 6.07) is 17.7. The standard InChI is InChI=1S/C36H30Cl2N6O7S/c1-40-31-30(33(47)41(2)35(40)48)43(18-23-9-10-24(37)16-25(23)38)34(39-31)51-26-11-8-20(14-27(26)50-3)15-28-32(46)44(36(49)52-28)19-29(45)42-13-12-21-6-4-5-7-22(21)17-42/h4-11,14-16H,12-13,17-19H2,1-3H3. The second-order valence-electron chi connectivity index (χ2n) is 12.2. The minimum absolute atomic E-state index is 0.0200. The average Bonchev–Trinajstić information content (AvgIpc) is 3.62. The number of halogens is 2. The van der Waals surface area contributed by atoms with Crippen LogP contribution in [0.15, 0.2) is 75.2 Å². The number of fused-ring (bicyclic) bond motifs is 2. The van der Waals surface area contributed by atoms with Gasteiger partial charge in [0.15, 0.2) is 22.7 Å². The molecule has 0 saturated carbocycles. The van der Waals surface area contributed by atoms with Crippen molar-refractivity contribution in [1.29, 1.82) is 0 Å². The van der Waals surface area contributed by atoms with Crippen molar-refractivity contribution in [1.82, 2.24) is 28.5 Å². The number of carbonyl (C=O) groups is 3. The van der Waals surface area contributed by atoms with Crippen molar-refractivity contribution in [2.24, 2.45) is 14.1 Å². The highest BCUT2D eigenvalue weighted by molar-refractivity contribution is 8.18. The number of hydrogen-bond acceptors (Lipinski definition) is 9. The lowest BCUT2D eigenvalue weighted by molar-refractivity contribution is -0.136. The quantitative estimate of drug-likeness (QED) is 0.195. The molecular weight excluding hydrogens is 731 g/mol. The van der Waals surface area contributed by atoms with E-state index in [0.29, 0.717) is 40.7 Å². The fourth-order valence-electron chi connectivity index (χ4n) is 6.16. The van der Waals surface area contributed by atoms with E-state index in [2.05, 4.69) is 4.98 Å². The third-order valence-corrected chi connectivity index (χ3v) is 10.5. The van der Waals surface area contributed by atoms with E-state index in [9.17, 15) is 24.0 Å². The van der Waals surface area contributed by atoms with Crippen LogP contribution in [0.25, 0.3) is 17.2 Å². The van der Waals surface area contributed by atoms with Gasteiger partial charge in [-0.25, -0.2) is 4.79 Å². The number of carbonyl (C=O) groups excluding carboxylic acids is 3. The maximum absolute atomic E-state index is 13.4. The minimum Gasteiger partial charge on any atom is -0.493 e. The lowest BCUT2D eigenvalue weighted by Gasteiger charge is -2.29. The van der Waals surface area contributed by atoms with Crippen molar-refractivity contribution in [3.05, 3.63) is 119 Å². The molecule has 13 nitrogen and oxygen atoms in total. The molecule has 52 heavy (non-hydrogen) atoms. The molecule has 0 radical (unpaired) electrons. The normalized spacial score (nSPS) is 15.1. The summed E-state index contributed by atoms with van der Waals surface area (Å²) in [5.41, 5.74) is 2.44. The summed E-state index contributed by atoms with van der Waals surface area (Å²) in [5, 5.41) is 0.259. The Morgan fingerprint density at radius 3 is 2.48 bits per heavy atom. The molecule has 2 aromatic heterocycles. The van der Waals surface area contributed by atoms with E-state index in [1.165, 1.54) is 42.0 Å². The van der Waals surface area contributed by atoms with E-state index in [0.717, 1.165) is 26.8 Å². The van der Waals surface area contributed by atoms with Crippen LogP contribution >= 0.6 is 35.0 Å². The Kier molecular flexibility index (Phi) is 9.46. The van der Waals surface area contributed by atoms with Crippen molar-refractivity contribution < 1.29 is 23.9 Å². The fraction of sp³-hybridized carbons (Fsp3) is 0.222. The highest BCUT2D eigenvalue weighted by Gasteiger charge is 2.37. The smallest absolute Gasteiger partial charge is 0.332 e. The predicted molar refractivity (Wildman–Crippen MR) is 197 cm³/mol. The number of ether oxygens (including phenoxy) is 2. The molecule has 3 aromatic carbocycles. The highest BCUT2D eigenvalue weighted by Crippen LogP contribution is 2.37. The second kappa shape index (κ2) is 14.0. The third kappa shape index (κ3) is 6.49. The van der Waals surface area contributed by atoms with Crippen LogP contribution in [-0.2, 0) is 43.2 Å². The van der Waals surface area contributed by atoms with Gasteiger partial charge in [-0.05, 0) is 70.8 Å². The van der Waals surface area contributed by atoms with Crippen LogP contribution in [0.1, 0.15) is 22.3 Å². The van der Waals surface area contributed by atoms with Gasteiger partial charge in [-0.15, -0.1) is 0 Å². The number of imide groups is 1. The molecule has 4 heterocycles. The van der Waals surface area contributed by atoms with Crippen molar-refractivity contribution in [3.8, 4) is 17.5 Å². The molecule has 0 bridgehead atoms. The molecule has 3 amide bonds. The third-order valence-electron chi connectivity index (χ3n) is 8.99. The Balaban J connectivity index is 1.15. The van der Waals surface area contributed by atoms with Crippen molar-refractivity contribution >= 4 is 69.3 Å². The maximum atomic E-state index is 13.4. The number of aryl methyl sites for hydroxylation is 1. The molecule has 7 rings (SSSR count). The first-order valence-electron chi connectivity index (χ1n) is 16.0. The van der Waals surface area contributed by atoms with Gasteiger partial charge in [-0.1, -0.05) is 59.6 Å². The average molecular weight is 762 g/mol. The molecule has 266 valence electrons. The van der Waals surface area contributed by atoms with Gasteiger partial charge in [-0.2, -0.15) is 4.98 Å². The van der Waals surface area contributed by atoms with E-state index in [1.807, 2.05) is 24.3 Å². The number of amides is 3. The van der Waals surface area contributed by atoms with Crippen molar-refractivity contribution in [3.63, 3.8) is 0 Å². The second-order valence-corrected chi connectivity index (χ2v) is 14.0. The number of benzene rings is 3. The molecule has 0 unspecified atom stereocenters. The van der Waals surface area contributed by atoms with E-state index >= 15 is 0 Å². The molecule has 1 saturated heterocycles. The summed E-state index contributed by atoms with van der Waals surface area (Å²) in [5.74, 6) is -0.411. The van der Waals surface area contributed by atoms with Gasteiger partial charge >= 0.3 is 11.7 Å². The molecule has 2 aliphatic heterocycles. The summed E-state index contributed by atoms with van der Waals surface area (Å²) >= 11 is 13.3. The number of imidazole rings is 1. The molecule has 0 spiro atoms. The number of nitrogens with zero attached hydrogens (tertiary/aromatic N) is 6. The summed E-state index contributed by atoms with van der Waals surface area (Å²) in [7, 11) is 4.31. The van der Waals surface area contributed by atoms with Gasteiger partial charge in [0.25, 0.3) is 16.7 Å². The first-order valence-corrected chi connectivity index (χ1v) is 17.6. The zero-order chi connectivity index (χ0) is 36.8. The lowest BCUT2D eigenvalue weighted by Crippen LogP contribution is -2.44. The minimum atomic E-state index is -0.579. The first kappa shape index (κ1) is 35.1. The molecule has 0 atom stereocenters. The van der Waals surface area contributed by atoms with Gasteiger partial charge in [0.2, 0.25) is 5.91 Å². The highest BCUT2D eigenvalue weighted by atomic mass is 35.5. The Morgan fingerprint density at radius 2 is 1.73 bits per heavy atom. The molecule has 2 aliphatic rings. The zero-order valence-electron chi connectivity index (χ0n) is 28.1. The van der Waals surface area contributed by atoms with Gasteiger partial charge < -0.3 is 14.4 Å². The van der Waals surface area contributed by atoms with Crippen LogP contribution in [0.4, 0.5) is 4.79 Å². The van der Waals surface area contributed by atoms with Gasteiger partial charge in [-0.3, -0.25) is 37.8 Å². The SMILES string of the molecule is COc1cc(C=C2SC(=O)N(CC(=O)N3CCc4ccccc4C3)C2=O)ccc1Oc1nc2c(c(=O)n(C)c(=O)n2C)n1Cc1ccc(Cl)cc1Cl. The van der Waals surface area contributed by atoms with Gasteiger partial charge in [0.1, 0.15) is 6.54 Å². The Labute approximate surface area is 310 Å². The summed E-state index contributed by atoms with van der Waals surface area (Å²) < 4.78 is 15.6. The molecule has 1 fully saturated rings. The van der Waals surface area contributed by atoms with Crippen molar-refractivity contribution in [2.45, 2.75) is 19.5 Å². The van der Waals surface area contributed by atoms with E-state index in [4.69, 9.17) is 32.7 Å². The Bertz CT molecular complexity index is 2470. The maximum Gasteiger partial charge on any atom is 0.332 e. The Morgan fingerprint density at radius 1 is 0.962 bits per heavy atom. The fourth-order valence-corrected chi connectivity index (χ4v) is 7.47. The Hall–Kier alpha value is -5.31. The number of thioether (sulfide) groups is 1. The van der Waals surface area contributed by atoms with E-state index in [1.54, 1.807) is 41.3 Å². The number of rotatable bonds is 8. The molecule has 16 heteroatoms. The van der Waals surface area contributed by atoms with Gasteiger partial charge in [0.05, 0.1) is 18.6 Å². The van der Waals surface area contributed by atoms with Crippen LogP contribution < -0.4 is 20.7 Å². The van der Waals surface area contributed by atoms with E-state index in [-0.39, 0.29) is 52.6 Å². The number of methoxy groups -OCH3 is 1. The van der Waals surface area contributed by atoms with Crippen LogP contribution in [0, 0.1) is 0 Å². The van der Waals surface area contributed by atoms with E-state index < -0.39 is 22.4 Å². The molecule has 0 N–H and O–H groups in total. The topological polar surface area (TPSA) is 138 Å². The van der Waals surface area contributed by atoms with Crippen LogP contribution in [-0.4, -0.2) is 65.7 Å². The van der Waals surface area contributed by atoms with Crippen LogP contribution in [0.5, 0.6) is 17.5 Å². The van der Waals surface area contributed by atoms with Gasteiger partial charge in [0, 0.05) is 37.2 Å². The molecule has 0 aliphatic carbocycles. The number of hydrogen-bond donors (Lipinski definition) is 0. The van der Waals surface area contributed by atoms with Crippen LogP contribution in [0.2, 0.25) is 10.0 Å².